The zero-order chi connectivity index (χ0) is 19.2. The SMILES string of the molecule is CC1C(=O)C(C(=O)OCc2ccc([N+](=O)[O-])cc2)N2C(=O)C([C@@H](C)O)C12. The molecular formula is C17H18N2O7. The molecule has 138 valence electrons. The molecule has 0 aliphatic carbocycles. The van der Waals surface area contributed by atoms with Crippen molar-refractivity contribution in [3.63, 3.8) is 0 Å². The number of carbonyl (C=O) groups is 3. The maximum Gasteiger partial charge on any atom is 0.337 e. The molecule has 0 radical (unpaired) electrons. The number of carbonyl (C=O) groups excluding carboxylic acids is 3. The summed E-state index contributed by atoms with van der Waals surface area (Å²) < 4.78 is 5.14. The number of Topliss-reactive ketones (excluding diaryl/α,β-unsaturated/α-hetero) is 1. The third-order valence-corrected chi connectivity index (χ3v) is 5.01. The van der Waals surface area contributed by atoms with Crippen molar-refractivity contribution in [2.75, 3.05) is 0 Å². The van der Waals surface area contributed by atoms with E-state index in [2.05, 4.69) is 0 Å². The lowest BCUT2D eigenvalue weighted by Crippen LogP contribution is -2.65. The monoisotopic (exact) mass is 362 g/mol. The molecule has 0 aromatic heterocycles. The second kappa shape index (κ2) is 6.49. The molecule has 9 heteroatoms. The van der Waals surface area contributed by atoms with Crippen molar-refractivity contribution in [2.45, 2.75) is 38.6 Å². The molecule has 0 saturated carbocycles. The topological polar surface area (TPSA) is 127 Å². The second-order valence-electron chi connectivity index (χ2n) is 6.63. The number of nitrogens with zero attached hydrogens (tertiary/aromatic N) is 2. The third-order valence-electron chi connectivity index (χ3n) is 5.01. The Kier molecular flexibility index (Phi) is 4.49. The summed E-state index contributed by atoms with van der Waals surface area (Å²) in [7, 11) is 0. The number of nitro benzene ring substituents is 1. The Hall–Kier alpha value is -2.81. The number of esters is 1. The first-order valence-corrected chi connectivity index (χ1v) is 8.18. The largest absolute Gasteiger partial charge is 0.459 e. The van der Waals surface area contributed by atoms with Gasteiger partial charge in [0, 0.05) is 18.1 Å². The normalized spacial score (nSPS) is 28.3. The van der Waals surface area contributed by atoms with Crippen LogP contribution in [0.1, 0.15) is 19.4 Å². The third kappa shape index (κ3) is 2.74. The van der Waals surface area contributed by atoms with Crippen molar-refractivity contribution < 1.29 is 29.2 Å². The van der Waals surface area contributed by atoms with Crippen molar-refractivity contribution in [3.05, 3.63) is 39.9 Å². The molecule has 2 saturated heterocycles. The van der Waals surface area contributed by atoms with Crippen LogP contribution in [0.2, 0.25) is 0 Å². The van der Waals surface area contributed by atoms with Gasteiger partial charge in [0.25, 0.3) is 5.69 Å². The van der Waals surface area contributed by atoms with E-state index in [4.69, 9.17) is 4.74 Å². The van der Waals surface area contributed by atoms with Gasteiger partial charge in [-0.3, -0.25) is 19.7 Å². The molecule has 0 bridgehead atoms. The molecular weight excluding hydrogens is 344 g/mol. The van der Waals surface area contributed by atoms with E-state index < -0.39 is 52.6 Å². The van der Waals surface area contributed by atoms with Gasteiger partial charge in [-0.15, -0.1) is 0 Å². The quantitative estimate of drug-likeness (QED) is 0.265. The standard InChI is InChI=1S/C17H18N2O7/c1-8-13-12(9(2)20)16(22)18(13)14(15(8)21)17(23)26-7-10-3-5-11(6-4-10)19(24)25/h3-6,8-9,12-14,20H,7H2,1-2H3/t8?,9-,12?,13?,14?/m1/s1. The van der Waals surface area contributed by atoms with Crippen LogP contribution in [0, 0.1) is 22.0 Å². The number of hydrogen-bond donors (Lipinski definition) is 1. The molecule has 1 aromatic carbocycles. The minimum atomic E-state index is -1.30. The van der Waals surface area contributed by atoms with Gasteiger partial charge in [-0.25, -0.2) is 4.79 Å². The van der Waals surface area contributed by atoms with Gasteiger partial charge in [0.2, 0.25) is 5.91 Å². The molecule has 2 aliphatic rings. The van der Waals surface area contributed by atoms with Crippen LogP contribution in [-0.2, 0) is 25.7 Å². The van der Waals surface area contributed by atoms with Gasteiger partial charge in [-0.05, 0) is 24.6 Å². The van der Waals surface area contributed by atoms with Gasteiger partial charge < -0.3 is 14.7 Å². The lowest BCUT2D eigenvalue weighted by molar-refractivity contribution is -0.384. The highest BCUT2D eigenvalue weighted by Gasteiger charge is 2.64. The highest BCUT2D eigenvalue weighted by molar-refractivity contribution is 6.12. The van der Waals surface area contributed by atoms with Crippen LogP contribution >= 0.6 is 0 Å². The summed E-state index contributed by atoms with van der Waals surface area (Å²) in [5.41, 5.74) is 0.439. The smallest absolute Gasteiger partial charge is 0.337 e. The molecule has 2 heterocycles. The molecule has 2 aliphatic heterocycles. The number of benzene rings is 1. The van der Waals surface area contributed by atoms with Crippen molar-refractivity contribution in [1.82, 2.24) is 4.90 Å². The van der Waals surface area contributed by atoms with E-state index in [1.807, 2.05) is 0 Å². The zero-order valence-electron chi connectivity index (χ0n) is 14.2. The summed E-state index contributed by atoms with van der Waals surface area (Å²) in [6, 6.07) is 3.68. The highest BCUT2D eigenvalue weighted by atomic mass is 16.6. The number of fused-ring (bicyclic) bond motifs is 1. The Balaban J connectivity index is 1.67. The van der Waals surface area contributed by atoms with Gasteiger partial charge in [0.15, 0.2) is 11.8 Å². The first kappa shape index (κ1) is 18.0. The van der Waals surface area contributed by atoms with Crippen molar-refractivity contribution in [2.24, 2.45) is 11.8 Å². The van der Waals surface area contributed by atoms with Crippen molar-refractivity contribution in [3.8, 4) is 0 Å². The first-order chi connectivity index (χ1) is 12.2. The predicted octanol–water partition coefficient (Wildman–Crippen LogP) is 0.433. The fraction of sp³-hybridized carbons (Fsp3) is 0.471. The number of hydrogen-bond acceptors (Lipinski definition) is 7. The van der Waals surface area contributed by atoms with Crippen molar-refractivity contribution >= 4 is 23.3 Å². The van der Waals surface area contributed by atoms with Crippen LogP contribution in [-0.4, -0.2) is 50.8 Å². The fourth-order valence-corrected chi connectivity index (χ4v) is 3.63. The summed E-state index contributed by atoms with van der Waals surface area (Å²) >= 11 is 0. The number of aliphatic hydroxyl groups is 1. The number of ether oxygens (including phenoxy) is 1. The molecule has 5 atom stereocenters. The second-order valence-corrected chi connectivity index (χ2v) is 6.63. The summed E-state index contributed by atoms with van der Waals surface area (Å²) in [5.74, 6) is -2.90. The molecule has 26 heavy (non-hydrogen) atoms. The van der Waals surface area contributed by atoms with E-state index in [-0.39, 0.29) is 12.3 Å². The lowest BCUT2D eigenvalue weighted by atomic mass is 9.79. The van der Waals surface area contributed by atoms with E-state index in [1.54, 1.807) is 6.92 Å². The van der Waals surface area contributed by atoms with E-state index >= 15 is 0 Å². The Bertz CT molecular complexity index is 774. The molecule has 4 unspecified atom stereocenters. The fourth-order valence-electron chi connectivity index (χ4n) is 3.63. The molecule has 2 fully saturated rings. The minimum Gasteiger partial charge on any atom is -0.459 e. The summed E-state index contributed by atoms with van der Waals surface area (Å²) in [5, 5.41) is 20.3. The highest BCUT2D eigenvalue weighted by Crippen LogP contribution is 2.43. The maximum absolute atomic E-state index is 12.4. The summed E-state index contributed by atoms with van der Waals surface area (Å²) in [6.07, 6.45) is -0.895. The number of aliphatic hydroxyl groups excluding tert-OH is 1. The maximum atomic E-state index is 12.4. The number of non-ortho nitro benzene ring substituents is 1. The molecule has 0 spiro atoms. The van der Waals surface area contributed by atoms with Gasteiger partial charge >= 0.3 is 5.97 Å². The summed E-state index contributed by atoms with van der Waals surface area (Å²) in [4.78, 5) is 48.2. The van der Waals surface area contributed by atoms with E-state index in [9.17, 15) is 29.6 Å². The molecule has 1 N–H and O–H groups in total. The number of amides is 1. The predicted molar refractivity (Wildman–Crippen MR) is 86.7 cm³/mol. The Morgan fingerprint density at radius 3 is 2.50 bits per heavy atom. The van der Waals surface area contributed by atoms with Crippen LogP contribution in [0.4, 0.5) is 5.69 Å². The molecule has 3 rings (SSSR count). The molecule has 1 amide bonds. The molecule has 1 aromatic rings. The average Bonchev–Trinajstić information content (AvgIpc) is 2.81. The van der Waals surface area contributed by atoms with E-state index in [0.29, 0.717) is 5.56 Å². The van der Waals surface area contributed by atoms with Crippen LogP contribution < -0.4 is 0 Å². The van der Waals surface area contributed by atoms with E-state index in [0.717, 1.165) is 0 Å². The van der Waals surface area contributed by atoms with Crippen LogP contribution in [0.5, 0.6) is 0 Å². The summed E-state index contributed by atoms with van der Waals surface area (Å²) in [6.45, 7) is 2.95. The van der Waals surface area contributed by atoms with Crippen LogP contribution in [0.15, 0.2) is 24.3 Å². The Labute approximate surface area is 148 Å². The Morgan fingerprint density at radius 1 is 1.35 bits per heavy atom. The average molecular weight is 362 g/mol. The Morgan fingerprint density at radius 2 is 1.96 bits per heavy atom. The van der Waals surface area contributed by atoms with Gasteiger partial charge in [-0.1, -0.05) is 6.92 Å². The van der Waals surface area contributed by atoms with Gasteiger partial charge in [0.05, 0.1) is 23.0 Å². The van der Waals surface area contributed by atoms with Gasteiger partial charge in [0.1, 0.15) is 6.61 Å². The number of β-lactam (4-membered cyclic amide) rings is 1. The first-order valence-electron chi connectivity index (χ1n) is 8.18. The minimum absolute atomic E-state index is 0.0851. The van der Waals surface area contributed by atoms with Crippen LogP contribution in [0.25, 0.3) is 0 Å². The van der Waals surface area contributed by atoms with Crippen molar-refractivity contribution in [1.29, 1.82) is 0 Å². The molecule has 9 nitrogen and oxygen atoms in total. The van der Waals surface area contributed by atoms with Gasteiger partial charge in [-0.2, -0.15) is 0 Å². The van der Waals surface area contributed by atoms with E-state index in [1.165, 1.54) is 36.1 Å². The number of nitro groups is 1. The van der Waals surface area contributed by atoms with Crippen LogP contribution in [0.3, 0.4) is 0 Å². The number of ketones is 1. The number of rotatable bonds is 5. The zero-order valence-corrected chi connectivity index (χ0v) is 14.2. The lowest BCUT2D eigenvalue weighted by Gasteiger charge is -2.46.